The highest BCUT2D eigenvalue weighted by Gasteiger charge is 2.68. The van der Waals surface area contributed by atoms with Gasteiger partial charge in [0, 0.05) is 46.9 Å². The van der Waals surface area contributed by atoms with Gasteiger partial charge in [-0.25, -0.2) is 4.79 Å². The minimum absolute atomic E-state index is 0.0525. The molecule has 5 rings (SSSR count). The van der Waals surface area contributed by atoms with Gasteiger partial charge in [-0.3, -0.25) is 14.7 Å². The molecule has 2 aromatic carbocycles. The highest BCUT2D eigenvalue weighted by atomic mass is 31.1. The second-order valence-electron chi connectivity index (χ2n) is 9.79. The van der Waals surface area contributed by atoms with E-state index in [1.165, 1.54) is 11.8 Å². The van der Waals surface area contributed by atoms with E-state index in [-0.39, 0.29) is 27.2 Å². The summed E-state index contributed by atoms with van der Waals surface area (Å²) in [7, 11) is 1.39. The molecule has 0 spiro atoms. The standard InChI is InChI=1S/C27H31BN5O5P/c1-15-20(23(25(35)38-39-32-28)33-24(15)27(29,16(2)34)26(33)36)14-37-22-10-4-7-18-19(22)8-3-9-21(18)31-13-17-6-5-11-30-12-17/h3-12,15-16,24,31-32,34,39H,13-14,28-29H2,1-2H3/t15-,16+,24+,27-/m0/s1. The third-order valence-corrected chi connectivity index (χ3v) is 8.02. The molecule has 0 radical (unpaired) electrons. The van der Waals surface area contributed by atoms with Crippen LogP contribution < -0.4 is 20.8 Å². The van der Waals surface area contributed by atoms with Crippen LogP contribution in [0.15, 0.2) is 72.2 Å². The third kappa shape index (κ3) is 4.65. The van der Waals surface area contributed by atoms with Crippen molar-refractivity contribution in [2.24, 2.45) is 11.7 Å². The number of hydrogen-bond donors (Lipinski definition) is 4. The zero-order valence-corrected chi connectivity index (χ0v) is 23.0. The molecule has 202 valence electrons. The van der Waals surface area contributed by atoms with Crippen LogP contribution in [-0.2, 0) is 20.7 Å². The summed E-state index contributed by atoms with van der Waals surface area (Å²) in [6.45, 7) is 4.05. The number of amides is 1. The first-order valence-electron chi connectivity index (χ1n) is 12.7. The zero-order chi connectivity index (χ0) is 27.7. The van der Waals surface area contributed by atoms with Crippen LogP contribution in [0.5, 0.6) is 5.75 Å². The summed E-state index contributed by atoms with van der Waals surface area (Å²) in [4.78, 5) is 34.5. The number of anilines is 1. The van der Waals surface area contributed by atoms with E-state index in [2.05, 4.69) is 15.3 Å². The number of nitrogens with zero attached hydrogens (tertiary/aromatic N) is 2. The van der Waals surface area contributed by atoms with E-state index in [1.807, 2.05) is 61.7 Å². The lowest BCUT2D eigenvalue weighted by Crippen LogP contribution is -2.81. The highest BCUT2D eigenvalue weighted by Crippen LogP contribution is 2.49. The average molecular weight is 547 g/mol. The summed E-state index contributed by atoms with van der Waals surface area (Å²) < 4.78 is 11.6. The van der Waals surface area contributed by atoms with E-state index < -0.39 is 29.6 Å². The number of hydrogen-bond acceptors (Lipinski definition) is 9. The molecule has 1 saturated heterocycles. The Kier molecular flexibility index (Phi) is 7.60. The maximum absolute atomic E-state index is 13.1. The molecule has 0 saturated carbocycles. The van der Waals surface area contributed by atoms with E-state index in [4.69, 9.17) is 15.0 Å². The summed E-state index contributed by atoms with van der Waals surface area (Å²) in [5, 5.41) is 15.7. The summed E-state index contributed by atoms with van der Waals surface area (Å²) in [5.74, 6) is -0.818. The van der Waals surface area contributed by atoms with Crippen LogP contribution in [-0.4, -0.2) is 59.1 Å². The maximum Gasteiger partial charge on any atom is 0.358 e. The number of carbonyl (C=O) groups excluding carboxylic acids is 2. The molecule has 2 aliphatic heterocycles. The Morgan fingerprint density at radius 2 is 2.03 bits per heavy atom. The number of benzene rings is 2. The summed E-state index contributed by atoms with van der Waals surface area (Å²) in [6, 6.07) is 15.1. The Morgan fingerprint density at radius 1 is 1.26 bits per heavy atom. The number of fused-ring (bicyclic) bond motifs is 2. The zero-order valence-electron chi connectivity index (χ0n) is 22.0. The monoisotopic (exact) mass is 547 g/mol. The van der Waals surface area contributed by atoms with Gasteiger partial charge < -0.3 is 30.4 Å². The number of ether oxygens (including phenoxy) is 1. The Hall–Kier alpha value is -3.50. The number of rotatable bonds is 10. The quantitative estimate of drug-likeness (QED) is 0.169. The van der Waals surface area contributed by atoms with Crippen molar-refractivity contribution in [3.05, 3.63) is 77.8 Å². The fourth-order valence-electron chi connectivity index (χ4n) is 5.47. The molecule has 1 fully saturated rings. The van der Waals surface area contributed by atoms with Crippen molar-refractivity contribution >= 4 is 45.3 Å². The first-order valence-corrected chi connectivity index (χ1v) is 13.6. The predicted molar refractivity (Wildman–Crippen MR) is 153 cm³/mol. The molecule has 2 aliphatic rings. The Morgan fingerprint density at radius 3 is 2.74 bits per heavy atom. The molecule has 0 aliphatic carbocycles. The highest BCUT2D eigenvalue weighted by molar-refractivity contribution is 7.32. The lowest BCUT2D eigenvalue weighted by molar-refractivity contribution is -0.167. The van der Waals surface area contributed by atoms with E-state index >= 15 is 0 Å². The van der Waals surface area contributed by atoms with Gasteiger partial charge in [-0.2, -0.15) is 0 Å². The van der Waals surface area contributed by atoms with Gasteiger partial charge >= 0.3 is 5.97 Å². The fourth-order valence-corrected chi connectivity index (χ4v) is 5.76. The summed E-state index contributed by atoms with van der Waals surface area (Å²) in [6.07, 6.45) is 2.49. The van der Waals surface area contributed by atoms with Gasteiger partial charge in [0.2, 0.25) is 0 Å². The molecular formula is C27H31BN5O5P. The van der Waals surface area contributed by atoms with Gasteiger partial charge in [-0.1, -0.05) is 37.3 Å². The van der Waals surface area contributed by atoms with E-state index in [0.717, 1.165) is 22.0 Å². The van der Waals surface area contributed by atoms with Crippen molar-refractivity contribution in [1.82, 2.24) is 14.9 Å². The number of aromatic nitrogens is 1. The molecule has 1 amide bonds. The molecule has 10 nitrogen and oxygen atoms in total. The third-order valence-electron chi connectivity index (χ3n) is 7.53. The molecule has 1 unspecified atom stereocenters. The number of nitrogens with one attached hydrogen (secondary N) is 2. The minimum atomic E-state index is -1.48. The molecule has 1 aromatic heterocycles. The second-order valence-corrected chi connectivity index (χ2v) is 10.7. The summed E-state index contributed by atoms with van der Waals surface area (Å²) in [5.41, 5.74) is 7.66. The second kappa shape index (κ2) is 10.9. The first-order chi connectivity index (χ1) is 18.8. The number of aliphatic hydroxyl groups is 1. The van der Waals surface area contributed by atoms with Crippen LogP contribution in [0.1, 0.15) is 19.4 Å². The summed E-state index contributed by atoms with van der Waals surface area (Å²) >= 11 is 0. The van der Waals surface area contributed by atoms with Crippen molar-refractivity contribution < 1.29 is 24.0 Å². The smallest absolute Gasteiger partial charge is 0.358 e. The van der Waals surface area contributed by atoms with Crippen LogP contribution in [0.25, 0.3) is 10.8 Å². The number of pyridine rings is 1. The normalized spacial score (nSPS) is 23.2. The van der Waals surface area contributed by atoms with Crippen molar-refractivity contribution in [2.75, 3.05) is 11.9 Å². The lowest BCUT2D eigenvalue weighted by atomic mass is 9.71. The van der Waals surface area contributed by atoms with E-state index in [1.54, 1.807) is 14.2 Å². The van der Waals surface area contributed by atoms with Gasteiger partial charge in [0.1, 0.15) is 32.6 Å². The molecule has 0 bridgehead atoms. The molecule has 3 aromatic rings. The number of carbonyl (C=O) groups is 2. The van der Waals surface area contributed by atoms with Crippen molar-refractivity contribution in [3.63, 3.8) is 0 Å². The Bertz CT molecular complexity index is 1440. The Labute approximate surface area is 229 Å². The van der Waals surface area contributed by atoms with Crippen molar-refractivity contribution in [2.45, 2.75) is 38.1 Å². The SMILES string of the molecule is BNPOC(=O)C1=C(COc2cccc3c(NCc4cccnc4)cccc23)[C@H](C)[C@H]2N1C(=O)[C@]2(N)[C@@H](C)O. The topological polar surface area (TPSA) is 139 Å². The van der Waals surface area contributed by atoms with Gasteiger partial charge in [-0.05, 0) is 30.7 Å². The average Bonchev–Trinajstić information content (AvgIpc) is 3.23. The van der Waals surface area contributed by atoms with Crippen molar-refractivity contribution in [3.8, 4) is 5.75 Å². The molecule has 12 heteroatoms. The van der Waals surface area contributed by atoms with Crippen LogP contribution in [0.4, 0.5) is 5.69 Å². The van der Waals surface area contributed by atoms with Gasteiger partial charge in [0.05, 0.1) is 12.1 Å². The molecule has 5 atom stereocenters. The molecule has 39 heavy (non-hydrogen) atoms. The van der Waals surface area contributed by atoms with Crippen LogP contribution >= 0.6 is 8.96 Å². The Balaban J connectivity index is 1.42. The largest absolute Gasteiger partial charge is 0.488 e. The minimum Gasteiger partial charge on any atom is -0.488 e. The van der Waals surface area contributed by atoms with E-state index in [9.17, 15) is 14.7 Å². The number of nitrogens with two attached hydrogens (primary N) is 1. The maximum atomic E-state index is 13.1. The van der Waals surface area contributed by atoms with Crippen molar-refractivity contribution in [1.29, 1.82) is 0 Å². The lowest BCUT2D eigenvalue weighted by Gasteiger charge is -2.54. The number of aliphatic hydroxyl groups excluding tert-OH is 1. The van der Waals surface area contributed by atoms with Crippen LogP contribution in [0, 0.1) is 5.92 Å². The van der Waals surface area contributed by atoms with Gasteiger partial charge in [-0.15, -0.1) is 0 Å². The predicted octanol–water partition coefficient (Wildman–Crippen LogP) is 1.61. The molecular weight excluding hydrogens is 516 g/mol. The van der Waals surface area contributed by atoms with E-state index in [0.29, 0.717) is 17.9 Å². The molecule has 3 heterocycles. The van der Waals surface area contributed by atoms with Gasteiger partial charge in [0.15, 0.2) is 7.98 Å². The fraction of sp³-hybridized carbons (Fsp3) is 0.296. The first kappa shape index (κ1) is 27.1. The number of β-lactam (4-membered cyclic amide) rings is 1. The van der Waals surface area contributed by atoms with Crippen LogP contribution in [0.3, 0.4) is 0 Å². The van der Waals surface area contributed by atoms with Crippen LogP contribution in [0.2, 0.25) is 0 Å². The van der Waals surface area contributed by atoms with Gasteiger partial charge in [0.25, 0.3) is 5.91 Å². The molecule has 5 N–H and O–H groups in total.